The van der Waals surface area contributed by atoms with Gasteiger partial charge >= 0.3 is 5.69 Å². The zero-order valence-corrected chi connectivity index (χ0v) is 19.8. The van der Waals surface area contributed by atoms with Gasteiger partial charge in [0.25, 0.3) is 0 Å². The van der Waals surface area contributed by atoms with Crippen LogP contribution in [0.5, 0.6) is 0 Å². The average Bonchev–Trinajstić information content (AvgIpc) is 3.46. The highest BCUT2D eigenvalue weighted by molar-refractivity contribution is 5.81. The quantitative estimate of drug-likeness (QED) is 0.607. The van der Waals surface area contributed by atoms with Crippen molar-refractivity contribution in [2.24, 2.45) is 11.8 Å². The second-order valence-corrected chi connectivity index (χ2v) is 9.76. The molecule has 8 heteroatoms. The van der Waals surface area contributed by atoms with Gasteiger partial charge in [0.1, 0.15) is 11.6 Å². The van der Waals surface area contributed by atoms with Crippen LogP contribution in [-0.4, -0.2) is 52.8 Å². The zero-order valence-electron chi connectivity index (χ0n) is 19.8. The van der Waals surface area contributed by atoms with Crippen LogP contribution in [0.25, 0.3) is 16.8 Å². The Hall–Kier alpha value is -3.42. The number of carbonyl (C=O) groups is 1. The Morgan fingerprint density at radius 1 is 1.15 bits per heavy atom. The first-order valence-corrected chi connectivity index (χ1v) is 11.8. The summed E-state index contributed by atoms with van der Waals surface area (Å²) in [7, 11) is 3.98. The molecule has 1 saturated carbocycles. The average molecular weight is 464 g/mol. The Morgan fingerprint density at radius 2 is 1.88 bits per heavy atom. The fourth-order valence-electron chi connectivity index (χ4n) is 4.97. The summed E-state index contributed by atoms with van der Waals surface area (Å²) in [4.78, 5) is 28.9. The normalized spacial score (nSPS) is 17.9. The molecule has 1 aliphatic carbocycles. The van der Waals surface area contributed by atoms with Crippen molar-refractivity contribution in [3.63, 3.8) is 0 Å². The first kappa shape index (κ1) is 22.4. The first-order chi connectivity index (χ1) is 16.3. The number of benzene rings is 2. The molecule has 2 fully saturated rings. The Bertz CT molecular complexity index is 1290. The summed E-state index contributed by atoms with van der Waals surface area (Å²) in [6.07, 6.45) is 3.36. The number of carbonyl (C=O) groups excluding carboxylic acids is 1. The number of hydrogen-bond acceptors (Lipinski definition) is 4. The largest absolute Gasteiger partial charge is 0.377 e. The molecule has 1 saturated heterocycles. The predicted molar refractivity (Wildman–Crippen MR) is 130 cm³/mol. The molecule has 7 nitrogen and oxygen atoms in total. The molecule has 5 rings (SSSR count). The number of aromatic nitrogens is 3. The Morgan fingerprint density at radius 3 is 2.56 bits per heavy atom. The Kier molecular flexibility index (Phi) is 5.75. The minimum atomic E-state index is -0.478. The molecule has 1 aliphatic heterocycles. The summed E-state index contributed by atoms with van der Waals surface area (Å²) >= 11 is 0. The summed E-state index contributed by atoms with van der Waals surface area (Å²) in [5.74, 6) is 0.675. The van der Waals surface area contributed by atoms with E-state index in [0.29, 0.717) is 18.8 Å². The Labute approximate surface area is 198 Å². The zero-order chi connectivity index (χ0) is 24.0. The maximum Gasteiger partial charge on any atom is 0.348 e. The van der Waals surface area contributed by atoms with Gasteiger partial charge in [-0.15, -0.1) is 0 Å². The summed E-state index contributed by atoms with van der Waals surface area (Å²) < 4.78 is 16.6. The molecule has 2 heterocycles. The molecule has 1 amide bonds. The van der Waals surface area contributed by atoms with E-state index in [0.717, 1.165) is 48.2 Å². The summed E-state index contributed by atoms with van der Waals surface area (Å²) in [6, 6.07) is 11.0. The number of aryl methyl sites for hydroxylation is 1. The molecule has 34 heavy (non-hydrogen) atoms. The highest BCUT2D eigenvalue weighted by Gasteiger charge is 2.37. The van der Waals surface area contributed by atoms with Gasteiger partial charge < -0.3 is 9.80 Å². The van der Waals surface area contributed by atoms with Crippen LogP contribution < -0.4 is 10.6 Å². The predicted octanol–water partition coefficient (Wildman–Crippen LogP) is 3.54. The Balaban J connectivity index is 1.37. The van der Waals surface area contributed by atoms with Crippen molar-refractivity contribution >= 4 is 11.6 Å². The molecule has 0 radical (unpaired) electrons. The van der Waals surface area contributed by atoms with Crippen LogP contribution in [-0.2, 0) is 11.2 Å². The minimum absolute atomic E-state index is 0.183. The van der Waals surface area contributed by atoms with E-state index in [-0.39, 0.29) is 23.4 Å². The van der Waals surface area contributed by atoms with Crippen molar-refractivity contribution < 1.29 is 9.18 Å². The number of amides is 1. The van der Waals surface area contributed by atoms with Crippen molar-refractivity contribution in [1.29, 1.82) is 0 Å². The van der Waals surface area contributed by atoms with Crippen LogP contribution >= 0.6 is 0 Å². The fourth-order valence-corrected chi connectivity index (χ4v) is 4.97. The first-order valence-electron chi connectivity index (χ1n) is 11.8. The van der Waals surface area contributed by atoms with E-state index in [1.165, 1.54) is 10.6 Å². The lowest BCUT2D eigenvalue weighted by Crippen LogP contribution is -2.30. The fraction of sp³-hybridized carbons (Fsp3) is 0.423. The van der Waals surface area contributed by atoms with Crippen molar-refractivity contribution in [2.75, 3.05) is 32.1 Å². The van der Waals surface area contributed by atoms with E-state index in [1.54, 1.807) is 6.07 Å². The van der Waals surface area contributed by atoms with Crippen molar-refractivity contribution in [2.45, 2.75) is 32.6 Å². The lowest BCUT2D eigenvalue weighted by atomic mass is 10.0. The number of H-pyrrole nitrogens is 1. The second-order valence-electron chi connectivity index (χ2n) is 9.76. The molecule has 3 aromatic rings. The third-order valence-electron chi connectivity index (χ3n) is 6.94. The van der Waals surface area contributed by atoms with Gasteiger partial charge in [0.05, 0.1) is 5.69 Å². The number of rotatable bonds is 6. The van der Waals surface area contributed by atoms with E-state index in [4.69, 9.17) is 0 Å². The monoisotopic (exact) mass is 463 g/mol. The van der Waals surface area contributed by atoms with E-state index >= 15 is 4.39 Å². The van der Waals surface area contributed by atoms with Gasteiger partial charge in [0.15, 0.2) is 0 Å². The second kappa shape index (κ2) is 8.74. The molecule has 1 atom stereocenters. The van der Waals surface area contributed by atoms with E-state index < -0.39 is 11.5 Å². The van der Waals surface area contributed by atoms with Gasteiger partial charge in [0, 0.05) is 45.2 Å². The van der Waals surface area contributed by atoms with Gasteiger partial charge in [-0.3, -0.25) is 4.79 Å². The SMILES string of the molecule is Cc1cc(-c2ccc(-n3c(CC4CCN(C(=O)C5CC5)C4)n[nH]c3=O)c(F)c2)ccc1N(C)C. The number of hydrogen-bond donors (Lipinski definition) is 1. The number of halogens is 1. The molecular weight excluding hydrogens is 433 g/mol. The number of likely N-dealkylation sites (tertiary alicyclic amines) is 1. The van der Waals surface area contributed by atoms with E-state index in [2.05, 4.69) is 10.2 Å². The van der Waals surface area contributed by atoms with Crippen molar-refractivity contribution in [1.82, 2.24) is 19.7 Å². The lowest BCUT2D eigenvalue weighted by Gasteiger charge is -2.17. The molecule has 2 aromatic carbocycles. The van der Waals surface area contributed by atoms with Gasteiger partial charge in [-0.05, 0) is 73.1 Å². The number of nitrogens with one attached hydrogen (secondary N) is 1. The van der Waals surface area contributed by atoms with Crippen LogP contribution in [0, 0.1) is 24.6 Å². The maximum atomic E-state index is 15.3. The van der Waals surface area contributed by atoms with Crippen LogP contribution in [0.15, 0.2) is 41.2 Å². The summed E-state index contributed by atoms with van der Waals surface area (Å²) in [5.41, 5.74) is 3.60. The summed E-state index contributed by atoms with van der Waals surface area (Å²) in [5, 5.41) is 6.66. The molecule has 2 aliphatic rings. The van der Waals surface area contributed by atoms with Crippen LogP contribution in [0.4, 0.5) is 10.1 Å². The molecule has 1 aromatic heterocycles. The maximum absolute atomic E-state index is 15.3. The summed E-state index contributed by atoms with van der Waals surface area (Å²) in [6.45, 7) is 3.44. The molecule has 178 valence electrons. The van der Waals surface area contributed by atoms with Crippen molar-refractivity contribution in [3.8, 4) is 16.8 Å². The van der Waals surface area contributed by atoms with Gasteiger partial charge in [-0.1, -0.05) is 12.1 Å². The lowest BCUT2D eigenvalue weighted by molar-refractivity contribution is -0.131. The number of aromatic amines is 1. The topological polar surface area (TPSA) is 74.2 Å². The molecule has 1 unspecified atom stereocenters. The van der Waals surface area contributed by atoms with Gasteiger partial charge in [-0.2, -0.15) is 5.10 Å². The van der Waals surface area contributed by atoms with Gasteiger partial charge in [-0.25, -0.2) is 18.9 Å². The van der Waals surface area contributed by atoms with Crippen LogP contribution in [0.1, 0.15) is 30.7 Å². The van der Waals surface area contributed by atoms with Crippen LogP contribution in [0.3, 0.4) is 0 Å². The molecule has 0 bridgehead atoms. The highest BCUT2D eigenvalue weighted by atomic mass is 19.1. The number of anilines is 1. The molecular formula is C26H30FN5O2. The van der Waals surface area contributed by atoms with Gasteiger partial charge in [0.2, 0.25) is 5.91 Å². The van der Waals surface area contributed by atoms with E-state index in [9.17, 15) is 9.59 Å². The van der Waals surface area contributed by atoms with Crippen molar-refractivity contribution in [3.05, 3.63) is 64.1 Å². The smallest absolute Gasteiger partial charge is 0.348 e. The van der Waals surface area contributed by atoms with E-state index in [1.807, 2.05) is 55.1 Å². The minimum Gasteiger partial charge on any atom is -0.377 e. The number of nitrogens with zero attached hydrogens (tertiary/aromatic N) is 4. The third-order valence-corrected chi connectivity index (χ3v) is 6.94. The van der Waals surface area contributed by atoms with Crippen LogP contribution in [0.2, 0.25) is 0 Å². The standard InChI is InChI=1S/C26H30FN5O2/c1-16-12-19(6-8-22(16)30(2)3)20-7-9-23(21(27)14-20)32-24(28-29-26(32)34)13-17-10-11-31(15-17)25(33)18-4-5-18/h6-9,12,14,17-18H,4-5,10-11,13,15H2,1-3H3,(H,29,34). The molecule has 1 N–H and O–H groups in total. The highest BCUT2D eigenvalue weighted by Crippen LogP contribution is 2.33. The third kappa shape index (κ3) is 4.24. The molecule has 0 spiro atoms.